The van der Waals surface area contributed by atoms with Gasteiger partial charge in [-0.15, -0.1) is 0 Å². The third-order valence-corrected chi connectivity index (χ3v) is 4.78. The minimum absolute atomic E-state index is 0.0689. The first kappa shape index (κ1) is 18.3. The molecule has 2 heterocycles. The molecule has 140 valence electrons. The Balaban J connectivity index is 1.55. The highest BCUT2D eigenvalue weighted by Gasteiger charge is 2.26. The molecular weight excluding hydrogens is 334 g/mol. The van der Waals surface area contributed by atoms with Crippen LogP contribution in [0.5, 0.6) is 5.75 Å². The van der Waals surface area contributed by atoms with Crippen LogP contribution in [-0.2, 0) is 20.7 Å². The molecule has 1 aliphatic heterocycles. The molecule has 26 heavy (non-hydrogen) atoms. The maximum absolute atomic E-state index is 12.3. The van der Waals surface area contributed by atoms with Crippen molar-refractivity contribution >= 4 is 22.8 Å². The van der Waals surface area contributed by atoms with Crippen LogP contribution in [0.15, 0.2) is 28.9 Å². The van der Waals surface area contributed by atoms with Crippen LogP contribution in [0, 0.1) is 11.8 Å². The lowest BCUT2D eigenvalue weighted by Crippen LogP contribution is -2.44. The van der Waals surface area contributed by atoms with Gasteiger partial charge in [-0.3, -0.25) is 9.59 Å². The average molecular weight is 359 g/mol. The van der Waals surface area contributed by atoms with Crippen LogP contribution in [0.1, 0.15) is 25.8 Å². The highest BCUT2D eigenvalue weighted by molar-refractivity contribution is 5.87. The molecule has 2 atom stereocenters. The number of hydrogen-bond donors (Lipinski definition) is 0. The fraction of sp³-hybridized carbons (Fsp3) is 0.500. The number of benzene rings is 1. The fourth-order valence-electron chi connectivity index (χ4n) is 3.63. The van der Waals surface area contributed by atoms with Crippen molar-refractivity contribution in [2.75, 3.05) is 26.8 Å². The SMILES string of the molecule is COc1ccc2c(CC(=O)OCC(=O)N3C[C@@H](C)C[C@H](C)C3)coc2c1. The second kappa shape index (κ2) is 7.81. The van der Waals surface area contributed by atoms with E-state index in [0.717, 1.165) is 30.5 Å². The van der Waals surface area contributed by atoms with Crippen molar-refractivity contribution in [3.05, 3.63) is 30.0 Å². The molecule has 3 rings (SSSR count). The number of amides is 1. The number of rotatable bonds is 5. The Labute approximate surface area is 153 Å². The third-order valence-electron chi connectivity index (χ3n) is 4.78. The third kappa shape index (κ3) is 4.18. The van der Waals surface area contributed by atoms with E-state index in [1.54, 1.807) is 24.3 Å². The predicted molar refractivity (Wildman–Crippen MR) is 97.0 cm³/mol. The lowest BCUT2D eigenvalue weighted by Gasteiger charge is -2.34. The normalized spacial score (nSPS) is 20.2. The van der Waals surface area contributed by atoms with E-state index in [-0.39, 0.29) is 18.9 Å². The number of carbonyl (C=O) groups excluding carboxylic acids is 2. The minimum atomic E-state index is -0.435. The molecule has 1 aromatic heterocycles. The molecule has 1 fully saturated rings. The van der Waals surface area contributed by atoms with Gasteiger partial charge in [-0.1, -0.05) is 13.8 Å². The number of methoxy groups -OCH3 is 1. The summed E-state index contributed by atoms with van der Waals surface area (Å²) in [6, 6.07) is 5.43. The number of furan rings is 1. The molecule has 6 heteroatoms. The van der Waals surface area contributed by atoms with E-state index < -0.39 is 5.97 Å². The van der Waals surface area contributed by atoms with E-state index >= 15 is 0 Å². The summed E-state index contributed by atoms with van der Waals surface area (Å²) in [5, 5.41) is 0.841. The van der Waals surface area contributed by atoms with Crippen LogP contribution < -0.4 is 4.74 Å². The van der Waals surface area contributed by atoms with Gasteiger partial charge < -0.3 is 18.8 Å². The lowest BCUT2D eigenvalue weighted by molar-refractivity contribution is -0.152. The van der Waals surface area contributed by atoms with Crippen LogP contribution >= 0.6 is 0 Å². The molecule has 1 aliphatic rings. The van der Waals surface area contributed by atoms with Gasteiger partial charge in [0.25, 0.3) is 5.91 Å². The van der Waals surface area contributed by atoms with Crippen molar-refractivity contribution in [2.45, 2.75) is 26.7 Å². The Morgan fingerprint density at radius 1 is 1.23 bits per heavy atom. The summed E-state index contributed by atoms with van der Waals surface area (Å²) in [5.41, 5.74) is 1.39. The Kier molecular flexibility index (Phi) is 5.49. The van der Waals surface area contributed by atoms with Gasteiger partial charge in [0.05, 0.1) is 19.8 Å². The van der Waals surface area contributed by atoms with E-state index in [4.69, 9.17) is 13.9 Å². The molecule has 1 saturated heterocycles. The number of nitrogens with zero attached hydrogens (tertiary/aromatic N) is 1. The zero-order valence-corrected chi connectivity index (χ0v) is 15.5. The molecule has 0 bridgehead atoms. The molecule has 0 unspecified atom stereocenters. The first-order chi connectivity index (χ1) is 12.5. The van der Waals surface area contributed by atoms with E-state index in [9.17, 15) is 9.59 Å². The Morgan fingerprint density at radius 2 is 1.96 bits per heavy atom. The summed E-state index contributed by atoms with van der Waals surface area (Å²) < 4.78 is 15.8. The van der Waals surface area contributed by atoms with Crippen LogP contribution in [0.3, 0.4) is 0 Å². The lowest BCUT2D eigenvalue weighted by atomic mass is 9.92. The molecule has 0 aliphatic carbocycles. The van der Waals surface area contributed by atoms with E-state index in [2.05, 4.69) is 13.8 Å². The summed E-state index contributed by atoms with van der Waals surface area (Å²) in [6.45, 7) is 5.54. The minimum Gasteiger partial charge on any atom is -0.497 e. The molecule has 2 aromatic rings. The highest BCUT2D eigenvalue weighted by Crippen LogP contribution is 2.26. The van der Waals surface area contributed by atoms with Gasteiger partial charge in [0, 0.05) is 30.1 Å². The fourth-order valence-corrected chi connectivity index (χ4v) is 3.63. The summed E-state index contributed by atoms with van der Waals surface area (Å²) in [6.07, 6.45) is 2.74. The first-order valence-electron chi connectivity index (χ1n) is 8.93. The summed E-state index contributed by atoms with van der Waals surface area (Å²) in [5.74, 6) is 1.09. The smallest absolute Gasteiger partial charge is 0.310 e. The van der Waals surface area contributed by atoms with Crippen molar-refractivity contribution in [1.29, 1.82) is 0 Å². The number of likely N-dealkylation sites (tertiary alicyclic amines) is 1. The zero-order chi connectivity index (χ0) is 18.7. The maximum Gasteiger partial charge on any atom is 0.310 e. The number of piperidine rings is 1. The van der Waals surface area contributed by atoms with Gasteiger partial charge in [0.2, 0.25) is 0 Å². The van der Waals surface area contributed by atoms with Crippen molar-refractivity contribution in [1.82, 2.24) is 4.90 Å². The summed E-state index contributed by atoms with van der Waals surface area (Å²) in [4.78, 5) is 26.2. The van der Waals surface area contributed by atoms with Crippen molar-refractivity contribution in [3.8, 4) is 5.75 Å². The number of ether oxygens (including phenoxy) is 2. The second-order valence-corrected chi connectivity index (χ2v) is 7.21. The molecule has 0 radical (unpaired) electrons. The number of hydrogen-bond acceptors (Lipinski definition) is 5. The average Bonchev–Trinajstić information content (AvgIpc) is 3.00. The van der Waals surface area contributed by atoms with E-state index in [1.807, 2.05) is 12.1 Å². The molecule has 0 saturated carbocycles. The molecule has 1 amide bonds. The maximum atomic E-state index is 12.3. The van der Waals surface area contributed by atoms with E-state index in [1.165, 1.54) is 0 Å². The Morgan fingerprint density at radius 3 is 2.65 bits per heavy atom. The van der Waals surface area contributed by atoms with Crippen LogP contribution in [0.2, 0.25) is 0 Å². The van der Waals surface area contributed by atoms with Crippen LogP contribution in [0.25, 0.3) is 11.0 Å². The van der Waals surface area contributed by atoms with Gasteiger partial charge in [-0.2, -0.15) is 0 Å². The Bertz CT molecular complexity index is 787. The van der Waals surface area contributed by atoms with Gasteiger partial charge in [-0.05, 0) is 30.4 Å². The van der Waals surface area contributed by atoms with Crippen molar-refractivity contribution < 1.29 is 23.5 Å². The number of carbonyl (C=O) groups is 2. The summed E-state index contributed by atoms with van der Waals surface area (Å²) in [7, 11) is 1.59. The zero-order valence-electron chi connectivity index (χ0n) is 15.5. The predicted octanol–water partition coefficient (Wildman–Crippen LogP) is 3.03. The molecular formula is C20H25NO5. The molecule has 0 spiro atoms. The topological polar surface area (TPSA) is 69.0 Å². The van der Waals surface area contributed by atoms with Gasteiger partial charge in [-0.25, -0.2) is 0 Å². The monoisotopic (exact) mass is 359 g/mol. The Hall–Kier alpha value is -2.50. The summed E-state index contributed by atoms with van der Waals surface area (Å²) >= 11 is 0. The largest absolute Gasteiger partial charge is 0.497 e. The number of esters is 1. The molecule has 1 aromatic carbocycles. The van der Waals surface area contributed by atoms with Crippen LogP contribution in [0.4, 0.5) is 0 Å². The van der Waals surface area contributed by atoms with Crippen molar-refractivity contribution in [3.63, 3.8) is 0 Å². The second-order valence-electron chi connectivity index (χ2n) is 7.21. The van der Waals surface area contributed by atoms with Gasteiger partial charge in [0.1, 0.15) is 11.3 Å². The van der Waals surface area contributed by atoms with E-state index in [0.29, 0.717) is 23.2 Å². The molecule has 0 N–H and O–H groups in total. The standard InChI is InChI=1S/C20H25NO5/c1-13-6-14(2)10-21(9-13)19(22)12-26-20(23)7-15-11-25-18-8-16(24-3)4-5-17(15)18/h4-5,8,11,13-14H,6-7,9-10,12H2,1-3H3/t13-,14-/m0/s1. The quantitative estimate of drug-likeness (QED) is 0.768. The molecule has 6 nitrogen and oxygen atoms in total. The first-order valence-corrected chi connectivity index (χ1v) is 8.93. The van der Waals surface area contributed by atoms with Gasteiger partial charge >= 0.3 is 5.97 Å². The van der Waals surface area contributed by atoms with Crippen molar-refractivity contribution in [2.24, 2.45) is 11.8 Å². The number of fused-ring (bicyclic) bond motifs is 1. The van der Waals surface area contributed by atoms with Crippen LogP contribution in [-0.4, -0.2) is 43.6 Å². The van der Waals surface area contributed by atoms with Gasteiger partial charge in [0.15, 0.2) is 6.61 Å². The highest BCUT2D eigenvalue weighted by atomic mass is 16.5.